The number of thiazole rings is 1. The molecule has 1 amide bonds. The first-order chi connectivity index (χ1) is 16.3. The molecule has 1 aliphatic heterocycles. The minimum absolute atomic E-state index is 0.155. The summed E-state index contributed by atoms with van der Waals surface area (Å²) in [7, 11) is 0. The maximum atomic E-state index is 13.2. The average molecular weight is 475 g/mol. The standard InChI is InChI=1S/C23H17N5O5S/c1-12-5-4-9-26-13(2)17(25-21(12)26)19(29)16-18(14-6-3-7-15(11-14)28(32)33)27(22(31)20(16)30)23-24-8-10-34-23/h3-11,18,29H,1-2H3. The van der Waals surface area contributed by atoms with Crippen molar-refractivity contribution in [2.24, 2.45) is 0 Å². The SMILES string of the molecule is Cc1cccn2c(C)c(C(O)=C3C(=O)C(=O)N(c4nccs4)C3c3cccc([N+](=O)[O-])c3)nc12. The second-order valence-corrected chi connectivity index (χ2v) is 8.64. The summed E-state index contributed by atoms with van der Waals surface area (Å²) >= 11 is 1.14. The predicted molar refractivity (Wildman–Crippen MR) is 125 cm³/mol. The number of carbonyl (C=O) groups excluding carboxylic acids is 2. The molecule has 4 aromatic rings. The predicted octanol–water partition coefficient (Wildman–Crippen LogP) is 3.94. The fourth-order valence-electron chi connectivity index (χ4n) is 4.16. The van der Waals surface area contributed by atoms with E-state index in [0.717, 1.165) is 21.8 Å². The summed E-state index contributed by atoms with van der Waals surface area (Å²) in [5.41, 5.74) is 2.08. The number of rotatable bonds is 4. The van der Waals surface area contributed by atoms with Gasteiger partial charge in [0.05, 0.1) is 22.2 Å². The molecule has 34 heavy (non-hydrogen) atoms. The molecular weight excluding hydrogens is 458 g/mol. The highest BCUT2D eigenvalue weighted by Gasteiger charge is 2.48. The third-order valence-corrected chi connectivity index (χ3v) is 6.55. The third-order valence-electron chi connectivity index (χ3n) is 5.77. The van der Waals surface area contributed by atoms with Crippen LogP contribution in [0.4, 0.5) is 10.8 Å². The number of ketones is 1. The number of aryl methyl sites for hydroxylation is 2. The topological polar surface area (TPSA) is 131 Å². The van der Waals surface area contributed by atoms with Gasteiger partial charge in [-0.15, -0.1) is 11.3 Å². The van der Waals surface area contributed by atoms with Crippen molar-refractivity contribution in [3.05, 3.63) is 92.4 Å². The van der Waals surface area contributed by atoms with Crippen molar-refractivity contribution < 1.29 is 19.6 Å². The number of fused-ring (bicyclic) bond motifs is 1. The summed E-state index contributed by atoms with van der Waals surface area (Å²) < 4.78 is 1.78. The van der Waals surface area contributed by atoms with Crippen molar-refractivity contribution in [3.8, 4) is 0 Å². The van der Waals surface area contributed by atoms with Crippen molar-refractivity contribution in [2.75, 3.05) is 4.90 Å². The number of hydrogen-bond donors (Lipinski definition) is 1. The van der Waals surface area contributed by atoms with Gasteiger partial charge >= 0.3 is 5.91 Å². The van der Waals surface area contributed by atoms with Crippen LogP contribution in [-0.2, 0) is 9.59 Å². The van der Waals surface area contributed by atoms with Gasteiger partial charge in [-0.1, -0.05) is 18.2 Å². The smallest absolute Gasteiger partial charge is 0.301 e. The number of amides is 1. The Labute approximate surface area is 196 Å². The second-order valence-electron chi connectivity index (χ2n) is 7.77. The fraction of sp³-hybridized carbons (Fsp3) is 0.130. The average Bonchev–Trinajstić information content (AvgIpc) is 3.52. The lowest BCUT2D eigenvalue weighted by Crippen LogP contribution is -2.29. The van der Waals surface area contributed by atoms with Crippen molar-refractivity contribution in [1.82, 2.24) is 14.4 Å². The van der Waals surface area contributed by atoms with Gasteiger partial charge in [-0.05, 0) is 31.0 Å². The van der Waals surface area contributed by atoms with Crippen LogP contribution in [0.5, 0.6) is 0 Å². The minimum Gasteiger partial charge on any atom is -0.505 e. The van der Waals surface area contributed by atoms with Gasteiger partial charge in [-0.2, -0.15) is 0 Å². The molecule has 0 bridgehead atoms. The molecule has 4 heterocycles. The molecule has 0 saturated carbocycles. The van der Waals surface area contributed by atoms with Crippen molar-refractivity contribution in [2.45, 2.75) is 19.9 Å². The third kappa shape index (κ3) is 3.17. The number of imidazole rings is 1. The Hall–Kier alpha value is -4.38. The summed E-state index contributed by atoms with van der Waals surface area (Å²) in [6, 6.07) is 8.23. The van der Waals surface area contributed by atoms with Gasteiger partial charge < -0.3 is 9.51 Å². The van der Waals surface area contributed by atoms with E-state index in [4.69, 9.17) is 0 Å². The maximum absolute atomic E-state index is 13.2. The zero-order valence-electron chi connectivity index (χ0n) is 18.0. The van der Waals surface area contributed by atoms with Crippen LogP contribution in [0.25, 0.3) is 11.4 Å². The Balaban J connectivity index is 1.78. The number of benzene rings is 1. The maximum Gasteiger partial charge on any atom is 0.301 e. The number of nitro groups is 1. The lowest BCUT2D eigenvalue weighted by Gasteiger charge is -2.22. The quantitative estimate of drug-likeness (QED) is 0.155. The minimum atomic E-state index is -1.11. The molecule has 1 saturated heterocycles. The molecule has 1 N–H and O–H groups in total. The van der Waals surface area contributed by atoms with Crippen LogP contribution in [0.1, 0.15) is 28.6 Å². The van der Waals surface area contributed by atoms with Crippen LogP contribution in [0.15, 0.2) is 59.7 Å². The molecule has 170 valence electrons. The van der Waals surface area contributed by atoms with Gasteiger partial charge in [0.2, 0.25) is 0 Å². The molecule has 0 radical (unpaired) electrons. The van der Waals surface area contributed by atoms with Crippen LogP contribution >= 0.6 is 11.3 Å². The van der Waals surface area contributed by atoms with Gasteiger partial charge in [0, 0.05) is 29.9 Å². The summed E-state index contributed by atoms with van der Waals surface area (Å²) in [6.45, 7) is 3.61. The first-order valence-electron chi connectivity index (χ1n) is 10.2. The number of Topliss-reactive ketones (excluding diaryl/α,β-unsaturated/α-hetero) is 1. The summed E-state index contributed by atoms with van der Waals surface area (Å²) in [5, 5.41) is 24.6. The Kier molecular flexibility index (Phi) is 4.98. The van der Waals surface area contributed by atoms with E-state index in [0.29, 0.717) is 16.9 Å². The van der Waals surface area contributed by atoms with Gasteiger partial charge in [-0.25, -0.2) is 9.97 Å². The Morgan fingerprint density at radius 3 is 2.68 bits per heavy atom. The zero-order valence-corrected chi connectivity index (χ0v) is 18.8. The van der Waals surface area contributed by atoms with Crippen LogP contribution in [-0.4, -0.2) is 36.1 Å². The van der Waals surface area contributed by atoms with E-state index in [1.54, 1.807) is 29.0 Å². The molecule has 1 aromatic carbocycles. The van der Waals surface area contributed by atoms with E-state index >= 15 is 0 Å². The van der Waals surface area contributed by atoms with E-state index in [2.05, 4.69) is 9.97 Å². The van der Waals surface area contributed by atoms with Gasteiger partial charge in [0.15, 0.2) is 10.9 Å². The number of anilines is 1. The van der Waals surface area contributed by atoms with Gasteiger partial charge in [-0.3, -0.25) is 24.6 Å². The van der Waals surface area contributed by atoms with Crippen molar-refractivity contribution in [3.63, 3.8) is 0 Å². The lowest BCUT2D eigenvalue weighted by molar-refractivity contribution is -0.384. The molecule has 3 aromatic heterocycles. The second kappa shape index (κ2) is 7.89. The highest BCUT2D eigenvalue weighted by molar-refractivity contribution is 7.14. The number of hydrogen-bond acceptors (Lipinski definition) is 8. The van der Waals surface area contributed by atoms with E-state index < -0.39 is 28.4 Å². The van der Waals surface area contributed by atoms with Crippen LogP contribution in [0.2, 0.25) is 0 Å². The molecule has 1 fully saturated rings. The van der Waals surface area contributed by atoms with Crippen molar-refractivity contribution >= 4 is 45.3 Å². The monoisotopic (exact) mass is 475 g/mol. The van der Waals surface area contributed by atoms with Crippen LogP contribution < -0.4 is 4.90 Å². The molecule has 1 atom stereocenters. The van der Waals surface area contributed by atoms with E-state index in [-0.39, 0.29) is 22.1 Å². The van der Waals surface area contributed by atoms with Gasteiger partial charge in [0.25, 0.3) is 11.5 Å². The highest BCUT2D eigenvalue weighted by Crippen LogP contribution is 2.43. The molecule has 10 nitrogen and oxygen atoms in total. The largest absolute Gasteiger partial charge is 0.505 e. The fourth-order valence-corrected chi connectivity index (χ4v) is 4.83. The number of nitrogens with zero attached hydrogens (tertiary/aromatic N) is 5. The molecule has 0 aliphatic carbocycles. The zero-order chi connectivity index (χ0) is 24.1. The van der Waals surface area contributed by atoms with Crippen molar-refractivity contribution in [1.29, 1.82) is 0 Å². The number of non-ortho nitro benzene ring substituents is 1. The highest BCUT2D eigenvalue weighted by atomic mass is 32.1. The number of aromatic nitrogens is 3. The molecule has 11 heteroatoms. The molecule has 0 spiro atoms. The molecular formula is C23H17N5O5S. The number of aliphatic hydroxyl groups is 1. The number of pyridine rings is 1. The van der Waals surface area contributed by atoms with Gasteiger partial charge in [0.1, 0.15) is 11.3 Å². The summed E-state index contributed by atoms with van der Waals surface area (Å²) in [5.74, 6) is -2.25. The first kappa shape index (κ1) is 21.5. The van der Waals surface area contributed by atoms with Crippen LogP contribution in [0.3, 0.4) is 0 Å². The molecule has 1 aliphatic rings. The first-order valence-corrected chi connectivity index (χ1v) is 11.1. The molecule has 5 rings (SSSR count). The number of nitro benzene ring substituents is 1. The lowest BCUT2D eigenvalue weighted by atomic mass is 9.96. The van der Waals surface area contributed by atoms with E-state index in [1.807, 2.05) is 19.1 Å². The Bertz CT molecular complexity index is 1520. The van der Waals surface area contributed by atoms with E-state index in [1.165, 1.54) is 24.4 Å². The number of carbonyl (C=O) groups is 2. The Morgan fingerprint density at radius 1 is 1.21 bits per heavy atom. The summed E-state index contributed by atoms with van der Waals surface area (Å²) in [6.07, 6.45) is 3.27. The molecule has 1 unspecified atom stereocenters. The number of aliphatic hydroxyl groups excluding tert-OH is 1. The normalized spacial score (nSPS) is 17.6. The summed E-state index contributed by atoms with van der Waals surface area (Å²) in [4.78, 5) is 47.0. The Morgan fingerprint density at radius 2 is 2.00 bits per heavy atom. The van der Waals surface area contributed by atoms with E-state index in [9.17, 15) is 24.8 Å². The van der Waals surface area contributed by atoms with Crippen LogP contribution in [0, 0.1) is 24.0 Å².